The lowest BCUT2D eigenvalue weighted by Crippen LogP contribution is -2.50. The van der Waals surface area contributed by atoms with Gasteiger partial charge >= 0.3 is 0 Å². The van der Waals surface area contributed by atoms with E-state index >= 15 is 0 Å². The zero-order chi connectivity index (χ0) is 16.2. The first-order chi connectivity index (χ1) is 11.0. The molecule has 3 fully saturated rings. The Hall–Kier alpha value is -1.32. The Morgan fingerprint density at radius 2 is 1.70 bits per heavy atom. The zero-order valence-corrected chi connectivity index (χ0v) is 14.5. The van der Waals surface area contributed by atoms with E-state index in [2.05, 4.69) is 30.1 Å². The molecule has 0 aromatic heterocycles. The van der Waals surface area contributed by atoms with Gasteiger partial charge in [0.15, 0.2) is 0 Å². The molecule has 0 radical (unpaired) electrons. The van der Waals surface area contributed by atoms with Gasteiger partial charge in [0.25, 0.3) is 0 Å². The minimum absolute atomic E-state index is 0.270. The summed E-state index contributed by atoms with van der Waals surface area (Å²) in [4.78, 5) is 0. The van der Waals surface area contributed by atoms with E-state index in [9.17, 15) is 0 Å². The maximum absolute atomic E-state index is 5.71. The van der Waals surface area contributed by atoms with E-state index in [0.29, 0.717) is 5.41 Å². The quantitative estimate of drug-likeness (QED) is 0.529. The number of nitrogens with two attached hydrogens (primary N) is 2. The number of rotatable bonds is 0. The summed E-state index contributed by atoms with van der Waals surface area (Å²) in [6.07, 6.45) is 12.1. The Morgan fingerprint density at radius 3 is 2.43 bits per heavy atom. The molecule has 4 nitrogen and oxygen atoms in total. The van der Waals surface area contributed by atoms with Crippen LogP contribution in [-0.4, -0.2) is 11.4 Å². The Labute approximate surface area is 139 Å². The minimum Gasteiger partial charge on any atom is -0.323 e. The van der Waals surface area contributed by atoms with Crippen LogP contribution in [0.3, 0.4) is 0 Å². The molecule has 0 unspecified atom stereocenters. The van der Waals surface area contributed by atoms with Gasteiger partial charge in [0.1, 0.15) is 0 Å². The second-order valence-electron chi connectivity index (χ2n) is 8.69. The van der Waals surface area contributed by atoms with E-state index in [1.807, 2.05) is 0 Å². The Morgan fingerprint density at radius 1 is 0.913 bits per heavy atom. The Bertz CT molecular complexity index is 604. The van der Waals surface area contributed by atoms with E-state index in [4.69, 9.17) is 11.7 Å². The smallest absolute Gasteiger partial charge is 0.0600 e. The van der Waals surface area contributed by atoms with Crippen LogP contribution in [-0.2, 0) is 0 Å². The molecule has 0 saturated heterocycles. The molecule has 0 heterocycles. The third-order valence-electron chi connectivity index (χ3n) is 8.04. The maximum Gasteiger partial charge on any atom is 0.0600 e. The molecule has 4 rings (SSSR count). The van der Waals surface area contributed by atoms with Crippen molar-refractivity contribution in [2.45, 2.75) is 65.2 Å². The van der Waals surface area contributed by atoms with Crippen molar-refractivity contribution in [1.29, 1.82) is 0 Å². The molecule has 3 saturated carbocycles. The van der Waals surface area contributed by atoms with Crippen molar-refractivity contribution in [3.63, 3.8) is 0 Å². The van der Waals surface area contributed by atoms with Gasteiger partial charge in [0.05, 0.1) is 5.71 Å². The summed E-state index contributed by atoms with van der Waals surface area (Å²) in [5.41, 5.74) is 4.62. The topological polar surface area (TPSA) is 76.8 Å². The SMILES string of the molecule is C[C@]12CC/C(=N/N)C=C1CC[C@@H]1[C@H]2CC[C@]2(C)/C(=N/N)CC[C@H]12. The minimum atomic E-state index is 0.270. The fourth-order valence-corrected chi connectivity index (χ4v) is 6.67. The third kappa shape index (κ3) is 1.96. The molecule has 0 amide bonds. The van der Waals surface area contributed by atoms with Gasteiger partial charge in [0.2, 0.25) is 0 Å². The van der Waals surface area contributed by atoms with Crippen molar-refractivity contribution in [2.75, 3.05) is 0 Å². The summed E-state index contributed by atoms with van der Waals surface area (Å²) in [5.74, 6) is 13.7. The van der Waals surface area contributed by atoms with Crippen molar-refractivity contribution >= 4 is 11.4 Å². The number of hydrogen-bond acceptors (Lipinski definition) is 4. The Kier molecular flexibility index (Phi) is 3.37. The predicted molar refractivity (Wildman–Crippen MR) is 94.9 cm³/mol. The summed E-state index contributed by atoms with van der Waals surface area (Å²) in [6.45, 7) is 4.94. The highest BCUT2D eigenvalue weighted by atomic mass is 15.1. The van der Waals surface area contributed by atoms with Gasteiger partial charge in [-0.15, -0.1) is 0 Å². The normalized spacial score (nSPS) is 49.5. The molecule has 5 atom stereocenters. The summed E-state index contributed by atoms with van der Waals surface area (Å²) >= 11 is 0. The zero-order valence-electron chi connectivity index (χ0n) is 14.5. The van der Waals surface area contributed by atoms with Gasteiger partial charge in [-0.3, -0.25) is 0 Å². The number of nitrogens with zero attached hydrogens (tertiary/aromatic N) is 2. The molecule has 4 aliphatic carbocycles. The highest BCUT2D eigenvalue weighted by Crippen LogP contribution is 2.64. The summed E-state index contributed by atoms with van der Waals surface area (Å²) in [5, 5.41) is 8.15. The lowest BCUT2D eigenvalue weighted by atomic mass is 9.47. The molecule has 126 valence electrons. The largest absolute Gasteiger partial charge is 0.323 e. The molecular formula is C19H30N4. The fraction of sp³-hybridized carbons (Fsp3) is 0.789. The van der Waals surface area contributed by atoms with Crippen LogP contribution in [0.1, 0.15) is 65.2 Å². The molecule has 4 heteroatoms. The highest BCUT2D eigenvalue weighted by Gasteiger charge is 2.58. The first kappa shape index (κ1) is 15.2. The van der Waals surface area contributed by atoms with Crippen molar-refractivity contribution in [2.24, 2.45) is 50.5 Å². The molecule has 4 N–H and O–H groups in total. The fourth-order valence-electron chi connectivity index (χ4n) is 6.67. The second-order valence-corrected chi connectivity index (χ2v) is 8.69. The average Bonchev–Trinajstić information content (AvgIpc) is 2.90. The van der Waals surface area contributed by atoms with Gasteiger partial charge in [-0.25, -0.2) is 0 Å². The lowest BCUT2D eigenvalue weighted by Gasteiger charge is -2.57. The van der Waals surface area contributed by atoms with E-state index in [1.54, 1.807) is 5.57 Å². The van der Waals surface area contributed by atoms with Crippen LogP contribution in [0.5, 0.6) is 0 Å². The first-order valence-electron chi connectivity index (χ1n) is 9.28. The van der Waals surface area contributed by atoms with Crippen LogP contribution in [0, 0.1) is 28.6 Å². The van der Waals surface area contributed by atoms with Crippen molar-refractivity contribution in [3.05, 3.63) is 11.6 Å². The third-order valence-corrected chi connectivity index (χ3v) is 8.04. The van der Waals surface area contributed by atoms with E-state index < -0.39 is 0 Å². The second kappa shape index (κ2) is 5.09. The summed E-state index contributed by atoms with van der Waals surface area (Å²) in [7, 11) is 0. The first-order valence-corrected chi connectivity index (χ1v) is 9.28. The van der Waals surface area contributed by atoms with E-state index in [0.717, 1.165) is 36.3 Å². The van der Waals surface area contributed by atoms with Crippen molar-refractivity contribution < 1.29 is 0 Å². The molecule has 0 aromatic carbocycles. The summed E-state index contributed by atoms with van der Waals surface area (Å²) in [6, 6.07) is 0. The predicted octanol–water partition coefficient (Wildman–Crippen LogP) is 3.58. The van der Waals surface area contributed by atoms with Gasteiger partial charge in [-0.05, 0) is 80.6 Å². The molecule has 0 aliphatic heterocycles. The van der Waals surface area contributed by atoms with Crippen LogP contribution >= 0.6 is 0 Å². The van der Waals surface area contributed by atoms with Gasteiger partial charge in [-0.1, -0.05) is 19.4 Å². The number of hydrazone groups is 2. The van der Waals surface area contributed by atoms with E-state index in [-0.39, 0.29) is 5.41 Å². The van der Waals surface area contributed by atoms with Gasteiger partial charge < -0.3 is 11.7 Å². The highest BCUT2D eigenvalue weighted by molar-refractivity contribution is 5.96. The number of allylic oxidation sites excluding steroid dienone is 2. The number of fused-ring (bicyclic) bond motifs is 5. The molecule has 23 heavy (non-hydrogen) atoms. The molecule has 0 aromatic rings. The molecule has 4 aliphatic rings. The summed E-state index contributed by atoms with van der Waals surface area (Å²) < 4.78 is 0. The van der Waals surface area contributed by atoms with Crippen molar-refractivity contribution in [1.82, 2.24) is 0 Å². The van der Waals surface area contributed by atoms with Crippen LogP contribution in [0.15, 0.2) is 21.9 Å². The maximum atomic E-state index is 5.71. The van der Waals surface area contributed by atoms with Crippen LogP contribution < -0.4 is 11.7 Å². The van der Waals surface area contributed by atoms with Gasteiger partial charge in [-0.2, -0.15) is 10.2 Å². The van der Waals surface area contributed by atoms with Gasteiger partial charge in [0, 0.05) is 11.1 Å². The van der Waals surface area contributed by atoms with E-state index in [1.165, 1.54) is 44.2 Å². The monoisotopic (exact) mass is 314 g/mol. The Balaban J connectivity index is 1.68. The molecule has 0 spiro atoms. The lowest BCUT2D eigenvalue weighted by molar-refractivity contribution is -0.0154. The van der Waals surface area contributed by atoms with Crippen LogP contribution in [0.25, 0.3) is 0 Å². The average molecular weight is 314 g/mol. The number of hydrogen-bond donors (Lipinski definition) is 2. The molecule has 0 bridgehead atoms. The van der Waals surface area contributed by atoms with Crippen molar-refractivity contribution in [3.8, 4) is 0 Å². The van der Waals surface area contributed by atoms with Crippen LogP contribution in [0.4, 0.5) is 0 Å². The van der Waals surface area contributed by atoms with Crippen LogP contribution in [0.2, 0.25) is 0 Å². The standard InChI is InChI=1S/C19H30N4/c1-18-9-7-13(22-20)11-12(18)3-4-14-15-5-6-17(23-21)19(15,2)10-8-16(14)18/h11,14-16H,3-10,20-21H2,1-2H3/b22-13-,23-17+/t14-,15+,16+,18-,19-/m0/s1. The molecular weight excluding hydrogens is 284 g/mol.